The van der Waals surface area contributed by atoms with E-state index in [-0.39, 0.29) is 5.97 Å². The quantitative estimate of drug-likeness (QED) is 0.775. The van der Waals surface area contributed by atoms with Crippen molar-refractivity contribution in [2.24, 2.45) is 0 Å². The van der Waals surface area contributed by atoms with Crippen molar-refractivity contribution in [3.63, 3.8) is 0 Å². The number of benzene rings is 1. The highest BCUT2D eigenvalue weighted by Gasteiger charge is 2.04. The molecule has 0 radical (unpaired) electrons. The fraction of sp³-hybridized carbons (Fsp3) is 0.267. The second kappa shape index (κ2) is 6.20. The fourth-order valence-corrected chi connectivity index (χ4v) is 1.99. The number of hydrogen-bond acceptors (Lipinski definition) is 3. The highest BCUT2D eigenvalue weighted by atomic mass is 16.5. The number of carbonyl (C=O) groups is 1. The third-order valence-corrected chi connectivity index (χ3v) is 2.77. The number of ether oxygens (including phenoxy) is 2. The van der Waals surface area contributed by atoms with Crippen LogP contribution >= 0.6 is 0 Å². The molecule has 0 aliphatic carbocycles. The molecule has 1 heterocycles. The fourth-order valence-electron chi connectivity index (χ4n) is 1.99. The molecule has 100 valence electrons. The average molecular weight is 259 g/mol. The first-order valence-electron chi connectivity index (χ1n) is 6.09. The van der Waals surface area contributed by atoms with Gasteiger partial charge in [-0.15, -0.1) is 0 Å². The van der Waals surface area contributed by atoms with Crippen molar-refractivity contribution in [3.8, 4) is 0 Å². The molecule has 0 saturated carbocycles. The zero-order valence-corrected chi connectivity index (χ0v) is 11.1. The lowest BCUT2D eigenvalue weighted by molar-refractivity contribution is -0.139. The van der Waals surface area contributed by atoms with Crippen LogP contribution in [-0.4, -0.2) is 24.3 Å². The van der Waals surface area contributed by atoms with Crippen molar-refractivity contribution in [2.75, 3.05) is 13.7 Å². The van der Waals surface area contributed by atoms with E-state index in [4.69, 9.17) is 9.47 Å². The molecule has 1 aromatic heterocycles. The van der Waals surface area contributed by atoms with E-state index in [1.807, 2.05) is 35.0 Å². The van der Waals surface area contributed by atoms with Crippen LogP contribution in [0, 0.1) is 0 Å². The molecule has 0 saturated heterocycles. The minimum atomic E-state index is -0.272. The van der Waals surface area contributed by atoms with Gasteiger partial charge in [-0.25, -0.2) is 0 Å². The molecular formula is C15H17NO3. The molecule has 0 bridgehead atoms. The van der Waals surface area contributed by atoms with Crippen LogP contribution in [0.5, 0.6) is 0 Å². The minimum Gasteiger partial charge on any atom is -0.462 e. The summed E-state index contributed by atoms with van der Waals surface area (Å²) in [5, 5.41) is 1.15. The number of carbonyl (C=O) groups excluding carboxylic acids is 1. The summed E-state index contributed by atoms with van der Waals surface area (Å²) in [7, 11) is 1.67. The molecular weight excluding hydrogens is 242 g/mol. The topological polar surface area (TPSA) is 40.5 Å². The second-order valence-corrected chi connectivity index (χ2v) is 4.19. The molecule has 4 heteroatoms. The summed E-state index contributed by atoms with van der Waals surface area (Å²) in [6.07, 6.45) is 5.82. The van der Waals surface area contributed by atoms with Gasteiger partial charge in [-0.2, -0.15) is 0 Å². The predicted octanol–water partition coefficient (Wildman–Crippen LogP) is 2.82. The molecule has 0 aliphatic heterocycles. The maximum Gasteiger partial charge on any atom is 0.302 e. The van der Waals surface area contributed by atoms with Gasteiger partial charge in [0.15, 0.2) is 0 Å². The van der Waals surface area contributed by atoms with Crippen molar-refractivity contribution in [2.45, 2.75) is 13.7 Å². The Morgan fingerprint density at radius 2 is 2.16 bits per heavy atom. The van der Waals surface area contributed by atoms with Crippen LogP contribution < -0.4 is 0 Å². The van der Waals surface area contributed by atoms with E-state index in [0.717, 1.165) is 16.5 Å². The number of hydrogen-bond donors (Lipinski definition) is 0. The molecule has 0 fully saturated rings. The Bertz CT molecular complexity index is 598. The zero-order chi connectivity index (χ0) is 13.7. The standard InChI is InChI=1S/C15H17NO3/c1-12(17)19-9-5-6-13-10-16(11-18-2)15-8-4-3-7-14(13)15/h3-8,10H,9,11H2,1-2H3/b6-5+. The van der Waals surface area contributed by atoms with Gasteiger partial charge in [0.1, 0.15) is 13.3 Å². The van der Waals surface area contributed by atoms with Crippen molar-refractivity contribution >= 4 is 22.9 Å². The first kappa shape index (κ1) is 13.4. The van der Waals surface area contributed by atoms with Crippen LogP contribution in [0.3, 0.4) is 0 Å². The number of methoxy groups -OCH3 is 1. The lowest BCUT2D eigenvalue weighted by atomic mass is 10.1. The molecule has 2 aromatic rings. The number of nitrogens with zero attached hydrogens (tertiary/aromatic N) is 1. The summed E-state index contributed by atoms with van der Waals surface area (Å²) in [5.74, 6) is -0.272. The lowest BCUT2D eigenvalue weighted by Gasteiger charge is -2.01. The first-order valence-corrected chi connectivity index (χ1v) is 6.09. The molecule has 19 heavy (non-hydrogen) atoms. The number of fused-ring (bicyclic) bond motifs is 1. The van der Waals surface area contributed by atoms with E-state index < -0.39 is 0 Å². The second-order valence-electron chi connectivity index (χ2n) is 4.19. The zero-order valence-electron chi connectivity index (χ0n) is 11.1. The van der Waals surface area contributed by atoms with Gasteiger partial charge in [-0.1, -0.05) is 24.3 Å². The molecule has 1 aromatic carbocycles. The Hall–Kier alpha value is -2.07. The van der Waals surface area contributed by atoms with Crippen molar-refractivity contribution in [3.05, 3.63) is 42.1 Å². The maximum absolute atomic E-state index is 10.7. The third kappa shape index (κ3) is 3.23. The van der Waals surface area contributed by atoms with Gasteiger partial charge in [-0.3, -0.25) is 4.79 Å². The van der Waals surface area contributed by atoms with Gasteiger partial charge in [0, 0.05) is 25.6 Å². The average Bonchev–Trinajstić information content (AvgIpc) is 2.74. The van der Waals surface area contributed by atoms with E-state index in [1.165, 1.54) is 6.92 Å². The summed E-state index contributed by atoms with van der Waals surface area (Å²) in [4.78, 5) is 10.7. The van der Waals surface area contributed by atoms with Gasteiger partial charge >= 0.3 is 5.97 Å². The van der Waals surface area contributed by atoms with Crippen molar-refractivity contribution in [1.29, 1.82) is 0 Å². The normalized spacial score (nSPS) is 11.3. The molecule has 0 amide bonds. The van der Waals surface area contributed by atoms with Crippen LogP contribution in [0.1, 0.15) is 12.5 Å². The Labute approximate surface area is 112 Å². The predicted molar refractivity (Wildman–Crippen MR) is 74.6 cm³/mol. The molecule has 0 aliphatic rings. The highest BCUT2D eigenvalue weighted by molar-refractivity contribution is 5.89. The van der Waals surface area contributed by atoms with Crippen molar-refractivity contribution < 1.29 is 14.3 Å². The molecule has 0 atom stereocenters. The Kier molecular flexibility index (Phi) is 4.36. The van der Waals surface area contributed by atoms with Gasteiger partial charge < -0.3 is 14.0 Å². The number of aromatic nitrogens is 1. The molecule has 2 rings (SSSR count). The monoisotopic (exact) mass is 259 g/mol. The van der Waals surface area contributed by atoms with Gasteiger partial charge in [0.2, 0.25) is 0 Å². The van der Waals surface area contributed by atoms with E-state index >= 15 is 0 Å². The third-order valence-electron chi connectivity index (χ3n) is 2.77. The molecule has 0 spiro atoms. The van der Waals surface area contributed by atoms with Gasteiger partial charge in [0.25, 0.3) is 0 Å². The van der Waals surface area contributed by atoms with E-state index in [1.54, 1.807) is 7.11 Å². The lowest BCUT2D eigenvalue weighted by Crippen LogP contribution is -1.97. The van der Waals surface area contributed by atoms with E-state index in [2.05, 4.69) is 12.1 Å². The Morgan fingerprint density at radius 3 is 2.89 bits per heavy atom. The number of rotatable bonds is 5. The molecule has 0 N–H and O–H groups in total. The Morgan fingerprint density at radius 1 is 1.37 bits per heavy atom. The summed E-state index contributed by atoms with van der Waals surface area (Å²) < 4.78 is 12.1. The first-order chi connectivity index (χ1) is 9.22. The Balaban J connectivity index is 2.25. The smallest absolute Gasteiger partial charge is 0.302 e. The molecule has 0 unspecified atom stereocenters. The van der Waals surface area contributed by atoms with Crippen LogP contribution in [0.15, 0.2) is 36.5 Å². The highest BCUT2D eigenvalue weighted by Crippen LogP contribution is 2.22. The summed E-state index contributed by atoms with van der Waals surface area (Å²) >= 11 is 0. The van der Waals surface area contributed by atoms with Crippen LogP contribution in [0.4, 0.5) is 0 Å². The SMILES string of the molecule is COCn1cc(/C=C/COC(C)=O)c2ccccc21. The van der Waals surface area contributed by atoms with E-state index in [9.17, 15) is 4.79 Å². The largest absolute Gasteiger partial charge is 0.462 e. The summed E-state index contributed by atoms with van der Waals surface area (Å²) in [6, 6.07) is 8.12. The number of para-hydroxylation sites is 1. The van der Waals surface area contributed by atoms with E-state index in [0.29, 0.717) is 13.3 Å². The number of esters is 1. The molecule has 4 nitrogen and oxygen atoms in total. The minimum absolute atomic E-state index is 0.272. The van der Waals surface area contributed by atoms with Gasteiger partial charge in [0.05, 0.1) is 5.52 Å². The maximum atomic E-state index is 10.7. The van der Waals surface area contributed by atoms with Crippen LogP contribution in [0.25, 0.3) is 17.0 Å². The van der Waals surface area contributed by atoms with Gasteiger partial charge in [-0.05, 0) is 17.7 Å². The summed E-state index contributed by atoms with van der Waals surface area (Å²) in [6.45, 7) is 2.20. The summed E-state index contributed by atoms with van der Waals surface area (Å²) in [5.41, 5.74) is 2.20. The van der Waals surface area contributed by atoms with Crippen molar-refractivity contribution in [1.82, 2.24) is 4.57 Å². The van der Waals surface area contributed by atoms with Crippen LogP contribution in [-0.2, 0) is 21.0 Å². The van der Waals surface area contributed by atoms with Crippen LogP contribution in [0.2, 0.25) is 0 Å².